The molecule has 1 fully saturated rings. The fraction of sp³-hybridized carbons (Fsp3) is 0.375. The van der Waals surface area contributed by atoms with Crippen molar-refractivity contribution in [1.82, 2.24) is 0 Å². The number of hydrogen-bond donors (Lipinski definition) is 4. The van der Waals surface area contributed by atoms with Crippen LogP contribution in [-0.4, -0.2) is 26.5 Å². The summed E-state index contributed by atoms with van der Waals surface area (Å²) in [7, 11) is 0. The van der Waals surface area contributed by atoms with Gasteiger partial charge in [-0.2, -0.15) is 0 Å². The minimum absolute atomic E-state index is 0.0299. The summed E-state index contributed by atoms with van der Waals surface area (Å²) in [5.74, 6) is 0.451. The Morgan fingerprint density at radius 2 is 1.97 bits per heavy atom. The van der Waals surface area contributed by atoms with E-state index in [1.807, 2.05) is 31.2 Å². The number of rotatable bonds is 2. The number of nitrogens with two attached hydrogens (primary N) is 1. The predicted molar refractivity (Wildman–Crippen MR) is 115 cm³/mol. The van der Waals surface area contributed by atoms with Crippen molar-refractivity contribution in [2.45, 2.75) is 56.3 Å². The SMILES string of the molecule is C[C@]12C[C@@H](c3ccc(N)cc3)CC[C@@]1(O)Cc1c(cc3oc(CO)cc(=O)c3c1O)O2. The highest BCUT2D eigenvalue weighted by Gasteiger charge is 2.56. The number of nitrogen functional groups attached to an aromatic ring is 1. The van der Waals surface area contributed by atoms with Crippen LogP contribution in [0.25, 0.3) is 11.0 Å². The van der Waals surface area contributed by atoms with Crippen molar-refractivity contribution >= 4 is 16.7 Å². The number of aromatic hydroxyl groups is 1. The second-order valence-electron chi connectivity index (χ2n) is 8.96. The van der Waals surface area contributed by atoms with Gasteiger partial charge in [0.2, 0.25) is 0 Å². The largest absolute Gasteiger partial charge is 0.507 e. The molecule has 3 atom stereocenters. The first-order valence-electron chi connectivity index (χ1n) is 10.4. The molecule has 1 aromatic heterocycles. The third-order valence-electron chi connectivity index (χ3n) is 7.00. The van der Waals surface area contributed by atoms with Gasteiger partial charge in [-0.1, -0.05) is 12.1 Å². The summed E-state index contributed by atoms with van der Waals surface area (Å²) in [5, 5.41) is 31.8. The summed E-state index contributed by atoms with van der Waals surface area (Å²) in [6, 6.07) is 10.5. The van der Waals surface area contributed by atoms with E-state index < -0.39 is 23.2 Å². The van der Waals surface area contributed by atoms with Crippen LogP contribution in [0, 0.1) is 0 Å². The number of aliphatic hydroxyl groups is 2. The molecule has 5 rings (SSSR count). The first-order chi connectivity index (χ1) is 14.7. The van der Waals surface area contributed by atoms with Crippen molar-refractivity contribution in [3.05, 3.63) is 63.5 Å². The summed E-state index contributed by atoms with van der Waals surface area (Å²) in [5.41, 5.74) is 5.70. The minimum atomic E-state index is -1.18. The highest BCUT2D eigenvalue weighted by atomic mass is 16.5. The van der Waals surface area contributed by atoms with E-state index in [4.69, 9.17) is 14.9 Å². The summed E-state index contributed by atoms with van der Waals surface area (Å²) in [6.07, 6.45) is 2.03. The topological polar surface area (TPSA) is 126 Å². The van der Waals surface area contributed by atoms with Gasteiger partial charge in [-0.05, 0) is 49.8 Å². The molecule has 1 saturated carbocycles. The summed E-state index contributed by atoms with van der Waals surface area (Å²) in [4.78, 5) is 12.5. The summed E-state index contributed by atoms with van der Waals surface area (Å²) in [6.45, 7) is 1.46. The van der Waals surface area contributed by atoms with Crippen LogP contribution in [0.2, 0.25) is 0 Å². The first kappa shape index (κ1) is 19.9. The Morgan fingerprint density at radius 3 is 2.68 bits per heavy atom. The molecule has 7 heteroatoms. The predicted octanol–water partition coefficient (Wildman–Crippen LogP) is 2.97. The maximum Gasteiger partial charge on any atom is 0.196 e. The number of benzene rings is 2. The van der Waals surface area contributed by atoms with E-state index in [1.165, 1.54) is 0 Å². The van der Waals surface area contributed by atoms with Crippen molar-refractivity contribution in [3.63, 3.8) is 0 Å². The molecular weight excluding hydrogens is 398 g/mol. The van der Waals surface area contributed by atoms with Crippen molar-refractivity contribution in [2.24, 2.45) is 0 Å². The molecule has 162 valence electrons. The number of phenolic OH excluding ortho intramolecular Hbond substituents is 1. The van der Waals surface area contributed by atoms with Crippen LogP contribution in [0.5, 0.6) is 11.5 Å². The zero-order valence-electron chi connectivity index (χ0n) is 17.2. The second kappa shape index (κ2) is 6.73. The molecule has 0 amide bonds. The minimum Gasteiger partial charge on any atom is -0.507 e. The van der Waals surface area contributed by atoms with Gasteiger partial charge in [0.25, 0.3) is 0 Å². The second-order valence-corrected chi connectivity index (χ2v) is 8.96. The Balaban J connectivity index is 1.58. The lowest BCUT2D eigenvalue weighted by atomic mass is 9.63. The molecule has 0 radical (unpaired) electrons. The summed E-state index contributed by atoms with van der Waals surface area (Å²) >= 11 is 0. The molecule has 2 aliphatic rings. The summed E-state index contributed by atoms with van der Waals surface area (Å²) < 4.78 is 11.9. The number of aliphatic hydroxyl groups excluding tert-OH is 1. The highest BCUT2D eigenvalue weighted by Crippen LogP contribution is 2.53. The zero-order valence-corrected chi connectivity index (χ0v) is 17.2. The zero-order chi connectivity index (χ0) is 22.0. The normalized spacial score (nSPS) is 27.4. The fourth-order valence-electron chi connectivity index (χ4n) is 5.15. The molecule has 1 aliphatic carbocycles. The van der Waals surface area contributed by atoms with Gasteiger partial charge < -0.3 is 30.2 Å². The molecule has 3 aromatic rings. The van der Waals surface area contributed by atoms with E-state index in [0.29, 0.717) is 29.8 Å². The maximum absolute atomic E-state index is 12.5. The molecule has 31 heavy (non-hydrogen) atoms. The molecular formula is C24H25NO6. The van der Waals surface area contributed by atoms with Crippen LogP contribution < -0.4 is 15.9 Å². The molecule has 1 aliphatic heterocycles. The van der Waals surface area contributed by atoms with Gasteiger partial charge in [-0.15, -0.1) is 0 Å². The Hall–Kier alpha value is -3.03. The molecule has 2 aromatic carbocycles. The lowest BCUT2D eigenvalue weighted by Gasteiger charge is -2.53. The number of ether oxygens (including phenoxy) is 1. The number of phenols is 1. The molecule has 0 saturated heterocycles. The fourth-order valence-corrected chi connectivity index (χ4v) is 5.15. The lowest BCUT2D eigenvalue weighted by Crippen LogP contribution is -2.62. The third kappa shape index (κ3) is 2.99. The van der Waals surface area contributed by atoms with Gasteiger partial charge in [0.15, 0.2) is 5.43 Å². The van der Waals surface area contributed by atoms with Crippen LogP contribution in [0.1, 0.15) is 49.0 Å². The smallest absolute Gasteiger partial charge is 0.196 e. The van der Waals surface area contributed by atoms with E-state index in [1.54, 1.807) is 6.07 Å². The molecule has 7 nitrogen and oxygen atoms in total. The average Bonchev–Trinajstić information content (AvgIpc) is 2.73. The maximum atomic E-state index is 12.5. The van der Waals surface area contributed by atoms with Crippen molar-refractivity contribution in [1.29, 1.82) is 0 Å². The van der Waals surface area contributed by atoms with E-state index in [0.717, 1.165) is 18.1 Å². The average molecular weight is 423 g/mol. The third-order valence-corrected chi connectivity index (χ3v) is 7.00. The standard InChI is InChI=1S/C24H25NO6/c1-23-10-14(13-2-4-15(25)5-3-13)6-7-24(23,29)11-17-19(31-23)9-20-21(22(17)28)18(27)8-16(12-26)30-20/h2-5,8-9,14,26,28-29H,6-7,10-12,25H2,1H3/t14-,23-,24+/m0/s1. The number of anilines is 1. The Bertz CT molecular complexity index is 1230. The molecule has 0 unspecified atom stereocenters. The van der Waals surface area contributed by atoms with Crippen LogP contribution in [0.15, 0.2) is 45.6 Å². The van der Waals surface area contributed by atoms with Gasteiger partial charge in [-0.25, -0.2) is 0 Å². The Labute approximate surface area is 178 Å². The van der Waals surface area contributed by atoms with Gasteiger partial charge in [0.1, 0.15) is 46.0 Å². The van der Waals surface area contributed by atoms with Gasteiger partial charge in [0.05, 0.1) is 0 Å². The van der Waals surface area contributed by atoms with Gasteiger partial charge in [-0.3, -0.25) is 4.79 Å². The molecule has 2 heterocycles. The van der Waals surface area contributed by atoms with Crippen molar-refractivity contribution in [2.75, 3.05) is 5.73 Å². The van der Waals surface area contributed by atoms with Crippen LogP contribution in [0.3, 0.4) is 0 Å². The monoisotopic (exact) mass is 423 g/mol. The van der Waals surface area contributed by atoms with E-state index in [9.17, 15) is 20.1 Å². The Kier molecular flexibility index (Phi) is 4.32. The van der Waals surface area contributed by atoms with Gasteiger partial charge >= 0.3 is 0 Å². The lowest BCUT2D eigenvalue weighted by molar-refractivity contribution is -0.164. The van der Waals surface area contributed by atoms with Crippen molar-refractivity contribution in [3.8, 4) is 11.5 Å². The number of fused-ring (bicyclic) bond motifs is 3. The number of hydrogen-bond acceptors (Lipinski definition) is 7. The van der Waals surface area contributed by atoms with E-state index in [2.05, 4.69) is 0 Å². The van der Waals surface area contributed by atoms with Crippen molar-refractivity contribution < 1.29 is 24.5 Å². The molecule has 0 spiro atoms. The Morgan fingerprint density at radius 1 is 1.23 bits per heavy atom. The van der Waals surface area contributed by atoms with Crippen LogP contribution in [-0.2, 0) is 13.0 Å². The van der Waals surface area contributed by atoms with E-state index >= 15 is 0 Å². The van der Waals surface area contributed by atoms with Crippen LogP contribution >= 0.6 is 0 Å². The van der Waals surface area contributed by atoms with Crippen LogP contribution in [0.4, 0.5) is 5.69 Å². The molecule has 5 N–H and O–H groups in total. The highest BCUT2D eigenvalue weighted by molar-refractivity contribution is 5.87. The van der Waals surface area contributed by atoms with E-state index in [-0.39, 0.29) is 34.8 Å². The molecule has 0 bridgehead atoms. The first-order valence-corrected chi connectivity index (χ1v) is 10.4. The van der Waals surface area contributed by atoms with Gasteiger partial charge in [0, 0.05) is 29.8 Å². The quantitative estimate of drug-likeness (QED) is 0.467.